The molecule has 1 aliphatic rings. The Labute approximate surface area is 80.2 Å². The van der Waals surface area contributed by atoms with Gasteiger partial charge in [0.15, 0.2) is 0 Å². The maximum absolute atomic E-state index is 5.40. The van der Waals surface area contributed by atoms with Gasteiger partial charge < -0.3 is 4.90 Å². The summed E-state index contributed by atoms with van der Waals surface area (Å²) in [4.78, 5) is 6.54. The zero-order valence-electron chi connectivity index (χ0n) is 8.75. The highest BCUT2D eigenvalue weighted by atomic mass is 15.4. The van der Waals surface area contributed by atoms with E-state index in [0.29, 0.717) is 12.0 Å². The molecule has 0 saturated heterocycles. The van der Waals surface area contributed by atoms with Gasteiger partial charge in [0.1, 0.15) is 0 Å². The fourth-order valence-electron chi connectivity index (χ4n) is 1.26. The Hall–Kier alpha value is -0.770. The monoisotopic (exact) mass is 184 g/mol. The lowest BCUT2D eigenvalue weighted by molar-refractivity contribution is 0.411. The fourth-order valence-corrected chi connectivity index (χ4v) is 1.26. The number of nitrogens with one attached hydrogen (secondary N) is 1. The molecule has 0 amide bonds. The van der Waals surface area contributed by atoms with Crippen LogP contribution in [0.5, 0.6) is 0 Å². The van der Waals surface area contributed by atoms with E-state index in [1.54, 1.807) is 0 Å². The molecule has 0 aromatic carbocycles. The van der Waals surface area contributed by atoms with E-state index in [1.165, 1.54) is 12.8 Å². The molecule has 3 N–H and O–H groups in total. The standard InChI is InChI=1S/C9H20N4/c1-7(2)6-13(3)9(12-10)11-8-4-5-8/h7-8H,4-6,10H2,1-3H3,(H,11,12). The van der Waals surface area contributed by atoms with Gasteiger partial charge in [-0.25, -0.2) is 10.8 Å². The summed E-state index contributed by atoms with van der Waals surface area (Å²) >= 11 is 0. The van der Waals surface area contributed by atoms with E-state index in [9.17, 15) is 0 Å². The first kappa shape index (κ1) is 10.3. The van der Waals surface area contributed by atoms with E-state index in [-0.39, 0.29) is 0 Å². The van der Waals surface area contributed by atoms with E-state index in [0.717, 1.165) is 12.5 Å². The molecule has 76 valence electrons. The van der Waals surface area contributed by atoms with Crippen molar-refractivity contribution in [1.82, 2.24) is 10.3 Å². The van der Waals surface area contributed by atoms with Gasteiger partial charge >= 0.3 is 0 Å². The molecular formula is C9H20N4. The summed E-state index contributed by atoms with van der Waals surface area (Å²) in [6.07, 6.45) is 2.42. The van der Waals surface area contributed by atoms with Gasteiger partial charge in [0.2, 0.25) is 5.96 Å². The molecule has 13 heavy (non-hydrogen) atoms. The first-order valence-corrected chi connectivity index (χ1v) is 4.89. The third-order valence-electron chi connectivity index (χ3n) is 1.98. The third-order valence-corrected chi connectivity index (χ3v) is 1.98. The molecule has 0 bridgehead atoms. The molecule has 0 atom stereocenters. The van der Waals surface area contributed by atoms with Crippen molar-refractivity contribution >= 4 is 5.96 Å². The molecule has 0 aromatic rings. The van der Waals surface area contributed by atoms with Crippen molar-refractivity contribution < 1.29 is 0 Å². The van der Waals surface area contributed by atoms with Crippen molar-refractivity contribution in [2.45, 2.75) is 32.7 Å². The molecule has 4 heteroatoms. The summed E-state index contributed by atoms with van der Waals surface area (Å²) in [5, 5.41) is 0. The molecule has 0 aromatic heterocycles. The highest BCUT2D eigenvalue weighted by Gasteiger charge is 2.21. The molecule has 1 aliphatic carbocycles. The number of hydrazine groups is 1. The quantitative estimate of drug-likeness (QED) is 0.291. The second-order valence-corrected chi connectivity index (χ2v) is 4.10. The van der Waals surface area contributed by atoms with Crippen molar-refractivity contribution in [3.8, 4) is 0 Å². The largest absolute Gasteiger partial charge is 0.345 e. The average molecular weight is 184 g/mol. The highest BCUT2D eigenvalue weighted by molar-refractivity contribution is 5.79. The van der Waals surface area contributed by atoms with Gasteiger partial charge in [-0.1, -0.05) is 13.8 Å². The maximum Gasteiger partial charge on any atom is 0.208 e. The van der Waals surface area contributed by atoms with Crippen LogP contribution in [0.3, 0.4) is 0 Å². The lowest BCUT2D eigenvalue weighted by Gasteiger charge is -2.22. The van der Waals surface area contributed by atoms with Crippen molar-refractivity contribution in [2.75, 3.05) is 13.6 Å². The predicted molar refractivity (Wildman–Crippen MR) is 55.2 cm³/mol. The zero-order chi connectivity index (χ0) is 9.84. The number of nitrogens with two attached hydrogens (primary N) is 1. The van der Waals surface area contributed by atoms with E-state index < -0.39 is 0 Å². The summed E-state index contributed by atoms with van der Waals surface area (Å²) < 4.78 is 0. The molecule has 1 saturated carbocycles. The van der Waals surface area contributed by atoms with Crippen LogP contribution >= 0.6 is 0 Å². The molecule has 1 fully saturated rings. The number of guanidine groups is 1. The van der Waals surface area contributed by atoms with Gasteiger partial charge in [-0.05, 0) is 18.8 Å². The Kier molecular flexibility index (Phi) is 3.54. The van der Waals surface area contributed by atoms with Gasteiger partial charge in [-0.2, -0.15) is 0 Å². The number of hydrogen-bond acceptors (Lipinski definition) is 2. The van der Waals surface area contributed by atoms with Crippen LogP contribution in [-0.4, -0.2) is 30.5 Å². The lowest BCUT2D eigenvalue weighted by atomic mass is 10.2. The van der Waals surface area contributed by atoms with E-state index >= 15 is 0 Å². The zero-order valence-corrected chi connectivity index (χ0v) is 8.75. The Morgan fingerprint density at radius 3 is 2.62 bits per heavy atom. The summed E-state index contributed by atoms with van der Waals surface area (Å²) in [5.41, 5.74) is 2.65. The normalized spacial score (nSPS) is 17.8. The Balaban J connectivity index is 2.43. The van der Waals surface area contributed by atoms with Crippen LogP contribution in [0, 0.1) is 5.92 Å². The minimum Gasteiger partial charge on any atom is -0.345 e. The Morgan fingerprint density at radius 2 is 2.23 bits per heavy atom. The third kappa shape index (κ3) is 3.63. The molecule has 0 radical (unpaired) electrons. The topological polar surface area (TPSA) is 53.6 Å². The fraction of sp³-hybridized carbons (Fsp3) is 0.889. The average Bonchev–Trinajstić information content (AvgIpc) is 2.81. The van der Waals surface area contributed by atoms with Crippen molar-refractivity contribution in [1.29, 1.82) is 0 Å². The first-order valence-electron chi connectivity index (χ1n) is 4.89. The Morgan fingerprint density at radius 1 is 1.62 bits per heavy atom. The van der Waals surface area contributed by atoms with Crippen LogP contribution in [0.25, 0.3) is 0 Å². The Bertz CT molecular complexity index is 184. The highest BCUT2D eigenvalue weighted by Crippen LogP contribution is 2.23. The van der Waals surface area contributed by atoms with Crippen LogP contribution in [-0.2, 0) is 0 Å². The molecule has 0 aliphatic heterocycles. The second-order valence-electron chi connectivity index (χ2n) is 4.10. The number of hydrogen-bond donors (Lipinski definition) is 2. The minimum absolute atomic E-state index is 0.515. The maximum atomic E-state index is 5.40. The van der Waals surface area contributed by atoms with Crippen LogP contribution in [0.2, 0.25) is 0 Å². The van der Waals surface area contributed by atoms with Gasteiger partial charge in [-0.3, -0.25) is 5.43 Å². The summed E-state index contributed by atoms with van der Waals surface area (Å²) in [6, 6.07) is 0.515. The van der Waals surface area contributed by atoms with Crippen LogP contribution in [0.1, 0.15) is 26.7 Å². The number of aliphatic imine (C=N–C) groups is 1. The first-order chi connectivity index (χ1) is 6.13. The molecule has 1 rings (SSSR count). The van der Waals surface area contributed by atoms with E-state index in [4.69, 9.17) is 5.84 Å². The van der Waals surface area contributed by atoms with Gasteiger partial charge in [-0.15, -0.1) is 0 Å². The van der Waals surface area contributed by atoms with Crippen LogP contribution in [0.4, 0.5) is 0 Å². The predicted octanol–water partition coefficient (Wildman–Crippen LogP) is 0.556. The summed E-state index contributed by atoms with van der Waals surface area (Å²) in [6.45, 7) is 5.35. The summed E-state index contributed by atoms with van der Waals surface area (Å²) in [5.74, 6) is 6.85. The van der Waals surface area contributed by atoms with Gasteiger partial charge in [0, 0.05) is 13.6 Å². The van der Waals surface area contributed by atoms with Crippen molar-refractivity contribution in [3.63, 3.8) is 0 Å². The minimum atomic E-state index is 0.515. The van der Waals surface area contributed by atoms with E-state index in [2.05, 4.69) is 29.2 Å². The molecule has 4 nitrogen and oxygen atoms in total. The van der Waals surface area contributed by atoms with Gasteiger partial charge in [0.05, 0.1) is 6.04 Å². The number of rotatable bonds is 3. The lowest BCUT2D eigenvalue weighted by Crippen LogP contribution is -2.44. The number of nitrogens with zero attached hydrogens (tertiary/aromatic N) is 2. The molecule has 0 spiro atoms. The van der Waals surface area contributed by atoms with Gasteiger partial charge in [0.25, 0.3) is 0 Å². The molecule has 0 unspecified atom stereocenters. The van der Waals surface area contributed by atoms with Crippen LogP contribution < -0.4 is 11.3 Å². The van der Waals surface area contributed by atoms with E-state index in [1.807, 2.05) is 7.05 Å². The second kappa shape index (κ2) is 4.46. The smallest absolute Gasteiger partial charge is 0.208 e. The SMILES string of the molecule is CC(C)CN(C)C(=NC1CC1)NN. The van der Waals surface area contributed by atoms with Crippen molar-refractivity contribution in [3.05, 3.63) is 0 Å². The van der Waals surface area contributed by atoms with Crippen LogP contribution in [0.15, 0.2) is 4.99 Å². The summed E-state index contributed by atoms with van der Waals surface area (Å²) in [7, 11) is 2.01. The molecular weight excluding hydrogens is 164 g/mol. The van der Waals surface area contributed by atoms with Crippen molar-refractivity contribution in [2.24, 2.45) is 16.8 Å². The molecule has 0 heterocycles.